The van der Waals surface area contributed by atoms with E-state index in [0.717, 1.165) is 0 Å². The van der Waals surface area contributed by atoms with Gasteiger partial charge in [-0.2, -0.15) is 0 Å². The van der Waals surface area contributed by atoms with E-state index in [1.165, 1.54) is 37.4 Å². The van der Waals surface area contributed by atoms with Crippen molar-refractivity contribution in [1.82, 2.24) is 0 Å². The Labute approximate surface area is 135 Å². The molecule has 110 valence electrons. The summed E-state index contributed by atoms with van der Waals surface area (Å²) in [5.41, 5.74) is -0.0297. The van der Waals surface area contributed by atoms with Gasteiger partial charge in [0.15, 0.2) is 0 Å². The van der Waals surface area contributed by atoms with Crippen LogP contribution in [0.3, 0.4) is 0 Å². The zero-order valence-electron chi connectivity index (χ0n) is 10.7. The van der Waals surface area contributed by atoms with E-state index >= 15 is 0 Å². The van der Waals surface area contributed by atoms with Crippen LogP contribution in [0.1, 0.15) is 10.4 Å². The molecule has 1 N–H and O–H groups in total. The number of ether oxygens (including phenoxy) is 2. The van der Waals surface area contributed by atoms with Crippen LogP contribution in [0, 0.1) is 0 Å². The highest BCUT2D eigenvalue weighted by Gasteiger charge is 2.15. The number of halogens is 3. The third kappa shape index (κ3) is 3.53. The van der Waals surface area contributed by atoms with Crippen molar-refractivity contribution in [2.45, 2.75) is 0 Å². The molecule has 2 aromatic rings. The zero-order chi connectivity index (χ0) is 15.6. The average molecular weight is 348 g/mol. The van der Waals surface area contributed by atoms with Gasteiger partial charge >= 0.3 is 5.97 Å². The molecule has 0 fully saturated rings. The summed E-state index contributed by atoms with van der Waals surface area (Å²) in [6.45, 7) is 0. The highest BCUT2D eigenvalue weighted by molar-refractivity contribution is 6.43. The van der Waals surface area contributed by atoms with Crippen LogP contribution < -0.4 is 9.47 Å². The van der Waals surface area contributed by atoms with Crippen molar-refractivity contribution >= 4 is 40.8 Å². The lowest BCUT2D eigenvalue weighted by Crippen LogP contribution is -2.00. The molecule has 0 heterocycles. The largest absolute Gasteiger partial charge is 0.497 e. The second-order valence-corrected chi connectivity index (χ2v) is 5.19. The molecule has 2 aromatic carbocycles. The van der Waals surface area contributed by atoms with Crippen LogP contribution in [-0.2, 0) is 0 Å². The summed E-state index contributed by atoms with van der Waals surface area (Å²) in [4.78, 5) is 11.2. The fraction of sp³-hybridized carbons (Fsp3) is 0.0714. The zero-order valence-corrected chi connectivity index (χ0v) is 13.0. The van der Waals surface area contributed by atoms with Gasteiger partial charge in [-0.25, -0.2) is 4.79 Å². The lowest BCUT2D eigenvalue weighted by atomic mass is 10.2. The van der Waals surface area contributed by atoms with E-state index in [0.29, 0.717) is 5.75 Å². The summed E-state index contributed by atoms with van der Waals surface area (Å²) >= 11 is 17.7. The molecule has 0 unspecified atom stereocenters. The molecule has 0 saturated carbocycles. The molecule has 0 radical (unpaired) electrons. The van der Waals surface area contributed by atoms with Crippen LogP contribution in [0.2, 0.25) is 15.1 Å². The van der Waals surface area contributed by atoms with Crippen molar-refractivity contribution in [3.63, 3.8) is 0 Å². The van der Waals surface area contributed by atoms with E-state index in [4.69, 9.17) is 44.3 Å². The fourth-order valence-electron chi connectivity index (χ4n) is 1.59. The summed E-state index contributed by atoms with van der Waals surface area (Å²) in [6, 6.07) is 7.18. The number of carbonyl (C=O) groups is 1. The molecule has 0 saturated heterocycles. The van der Waals surface area contributed by atoms with E-state index in [9.17, 15) is 9.90 Å². The Hall–Kier alpha value is -1.62. The van der Waals surface area contributed by atoms with E-state index in [1.54, 1.807) is 0 Å². The van der Waals surface area contributed by atoms with Crippen molar-refractivity contribution in [2.75, 3.05) is 7.11 Å². The maximum atomic E-state index is 11.2. The van der Waals surface area contributed by atoms with Gasteiger partial charge in [-0.3, -0.25) is 0 Å². The molecule has 0 spiro atoms. The Morgan fingerprint density at radius 1 is 1.00 bits per heavy atom. The van der Waals surface area contributed by atoms with Crippen molar-refractivity contribution < 1.29 is 19.4 Å². The number of methoxy groups -OCH3 is 1. The van der Waals surface area contributed by atoms with E-state index < -0.39 is 5.97 Å². The smallest absolute Gasteiger partial charge is 0.339 e. The van der Waals surface area contributed by atoms with Gasteiger partial charge < -0.3 is 14.6 Å². The van der Waals surface area contributed by atoms with Crippen LogP contribution in [0.5, 0.6) is 17.2 Å². The minimum atomic E-state index is -1.14. The molecule has 21 heavy (non-hydrogen) atoms. The van der Waals surface area contributed by atoms with Gasteiger partial charge in [-0.15, -0.1) is 0 Å². The second kappa shape index (κ2) is 6.43. The predicted octanol–water partition coefficient (Wildman–Crippen LogP) is 5.15. The number of hydrogen-bond donors (Lipinski definition) is 1. The first-order valence-corrected chi connectivity index (χ1v) is 6.79. The Morgan fingerprint density at radius 2 is 1.67 bits per heavy atom. The molecule has 7 heteroatoms. The molecule has 0 aromatic heterocycles. The standard InChI is InChI=1S/C14H9Cl3O4/c1-20-7-2-3-8(14(18)19)12(4-7)21-13-6-10(16)9(15)5-11(13)17/h2-6H,1H3,(H,18,19). The lowest BCUT2D eigenvalue weighted by molar-refractivity contribution is 0.0694. The summed E-state index contributed by atoms with van der Waals surface area (Å²) in [5.74, 6) is -0.404. The van der Waals surface area contributed by atoms with Gasteiger partial charge in [0, 0.05) is 12.1 Å². The number of carboxylic acid groups (broad SMARTS) is 1. The second-order valence-electron chi connectivity index (χ2n) is 3.97. The molecule has 0 amide bonds. The third-order valence-corrected chi connectivity index (χ3v) is 3.63. The van der Waals surface area contributed by atoms with Gasteiger partial charge in [0.1, 0.15) is 22.8 Å². The van der Waals surface area contributed by atoms with Crippen LogP contribution in [-0.4, -0.2) is 18.2 Å². The molecule has 0 bridgehead atoms. The first-order valence-electron chi connectivity index (χ1n) is 5.66. The first-order chi connectivity index (χ1) is 9.92. The number of hydrogen-bond acceptors (Lipinski definition) is 3. The Morgan fingerprint density at radius 3 is 2.29 bits per heavy atom. The summed E-state index contributed by atoms with van der Waals surface area (Å²) in [5, 5.41) is 9.91. The minimum absolute atomic E-state index is 0.0297. The Bertz CT molecular complexity index is 701. The number of benzene rings is 2. The fourth-order valence-corrected chi connectivity index (χ4v) is 2.17. The summed E-state index contributed by atoms with van der Waals surface area (Å²) in [7, 11) is 1.46. The minimum Gasteiger partial charge on any atom is -0.497 e. The molecule has 0 aliphatic heterocycles. The van der Waals surface area contributed by atoms with Gasteiger partial charge in [0.25, 0.3) is 0 Å². The summed E-state index contributed by atoms with van der Waals surface area (Å²) < 4.78 is 10.6. The highest BCUT2D eigenvalue weighted by atomic mass is 35.5. The molecular formula is C14H9Cl3O4. The maximum Gasteiger partial charge on any atom is 0.339 e. The van der Waals surface area contributed by atoms with Gasteiger partial charge in [-0.05, 0) is 18.2 Å². The van der Waals surface area contributed by atoms with Crippen LogP contribution in [0.25, 0.3) is 0 Å². The number of carboxylic acids is 1. The van der Waals surface area contributed by atoms with Gasteiger partial charge in [-0.1, -0.05) is 34.8 Å². The third-order valence-electron chi connectivity index (χ3n) is 2.61. The van der Waals surface area contributed by atoms with E-state index in [1.807, 2.05) is 0 Å². The molecule has 0 atom stereocenters. The van der Waals surface area contributed by atoms with E-state index in [-0.39, 0.29) is 32.1 Å². The Balaban J connectivity index is 2.47. The molecular weight excluding hydrogens is 339 g/mol. The SMILES string of the molecule is COc1ccc(C(=O)O)c(Oc2cc(Cl)c(Cl)cc2Cl)c1. The molecule has 0 aliphatic carbocycles. The van der Waals surface area contributed by atoms with Crippen molar-refractivity contribution in [2.24, 2.45) is 0 Å². The maximum absolute atomic E-state index is 11.2. The predicted molar refractivity (Wildman–Crippen MR) is 81.5 cm³/mol. The van der Waals surface area contributed by atoms with Crippen molar-refractivity contribution in [1.29, 1.82) is 0 Å². The number of rotatable bonds is 4. The number of aromatic carboxylic acids is 1. The normalized spacial score (nSPS) is 10.3. The van der Waals surface area contributed by atoms with Crippen LogP contribution >= 0.6 is 34.8 Å². The van der Waals surface area contributed by atoms with Crippen LogP contribution in [0.15, 0.2) is 30.3 Å². The highest BCUT2D eigenvalue weighted by Crippen LogP contribution is 2.38. The monoisotopic (exact) mass is 346 g/mol. The molecule has 2 rings (SSSR count). The molecule has 4 nitrogen and oxygen atoms in total. The van der Waals surface area contributed by atoms with Gasteiger partial charge in [0.05, 0.1) is 22.2 Å². The quantitative estimate of drug-likeness (QED) is 0.777. The average Bonchev–Trinajstić information content (AvgIpc) is 2.44. The first kappa shape index (κ1) is 15.8. The molecule has 0 aliphatic rings. The van der Waals surface area contributed by atoms with E-state index in [2.05, 4.69) is 0 Å². The van der Waals surface area contributed by atoms with Crippen molar-refractivity contribution in [3.05, 3.63) is 51.0 Å². The Kier molecular flexibility index (Phi) is 4.83. The van der Waals surface area contributed by atoms with Gasteiger partial charge in [0.2, 0.25) is 0 Å². The summed E-state index contributed by atoms with van der Waals surface area (Å²) in [6.07, 6.45) is 0. The van der Waals surface area contributed by atoms with Crippen molar-refractivity contribution in [3.8, 4) is 17.2 Å². The lowest BCUT2D eigenvalue weighted by Gasteiger charge is -2.12. The topological polar surface area (TPSA) is 55.8 Å². The van der Waals surface area contributed by atoms with Crippen LogP contribution in [0.4, 0.5) is 0 Å².